The number of thiazole rings is 1. The molecule has 0 aliphatic rings. The number of alkyl halides is 3. The van der Waals surface area contributed by atoms with Gasteiger partial charge in [-0.05, 0) is 61.7 Å². The Hall–Kier alpha value is -3.37. The van der Waals surface area contributed by atoms with E-state index >= 15 is 0 Å². The molecule has 2 N–H and O–H groups in total. The molecular formula is C25H25F3N2O4S. The van der Waals surface area contributed by atoms with Crippen LogP contribution >= 0.6 is 11.3 Å². The molecule has 6 nitrogen and oxygen atoms in total. The van der Waals surface area contributed by atoms with E-state index in [2.05, 4.69) is 17.0 Å². The summed E-state index contributed by atoms with van der Waals surface area (Å²) in [6, 6.07) is 10.1. The minimum atomic E-state index is -4.38. The van der Waals surface area contributed by atoms with Crippen molar-refractivity contribution in [1.29, 1.82) is 0 Å². The number of benzene rings is 2. The summed E-state index contributed by atoms with van der Waals surface area (Å²) in [6.07, 6.45) is -4.96. The van der Waals surface area contributed by atoms with E-state index < -0.39 is 23.8 Å². The second-order valence-corrected chi connectivity index (χ2v) is 8.89. The number of hydrogen-bond acceptors (Lipinski definition) is 6. The lowest BCUT2D eigenvalue weighted by Crippen LogP contribution is -2.26. The van der Waals surface area contributed by atoms with Gasteiger partial charge in [0.1, 0.15) is 17.4 Å². The van der Waals surface area contributed by atoms with Crippen LogP contribution in [0.5, 0.6) is 5.75 Å². The first-order valence-electron chi connectivity index (χ1n) is 10.7. The third-order valence-electron chi connectivity index (χ3n) is 5.19. The van der Waals surface area contributed by atoms with Gasteiger partial charge < -0.3 is 9.84 Å². The Bertz CT molecular complexity index is 1210. The number of rotatable bonds is 10. The van der Waals surface area contributed by atoms with E-state index in [0.29, 0.717) is 28.4 Å². The third-order valence-corrected chi connectivity index (χ3v) is 6.37. The van der Waals surface area contributed by atoms with Crippen molar-refractivity contribution < 1.29 is 32.6 Å². The molecule has 0 amide bonds. The lowest BCUT2D eigenvalue weighted by molar-refractivity contribution is -0.145. The van der Waals surface area contributed by atoms with E-state index in [9.17, 15) is 23.1 Å². The number of carboxylic acids is 1. The molecular weight excluding hydrogens is 481 g/mol. The molecule has 3 rings (SSSR count). The van der Waals surface area contributed by atoms with Gasteiger partial charge in [-0.15, -0.1) is 11.3 Å². The van der Waals surface area contributed by atoms with Crippen LogP contribution in [0.15, 0.2) is 49.0 Å². The molecule has 0 saturated heterocycles. The van der Waals surface area contributed by atoms with Crippen LogP contribution in [0.3, 0.4) is 0 Å². The van der Waals surface area contributed by atoms with Crippen LogP contribution in [0.25, 0.3) is 16.3 Å². The fourth-order valence-electron chi connectivity index (χ4n) is 3.17. The van der Waals surface area contributed by atoms with Crippen molar-refractivity contribution in [3.63, 3.8) is 0 Å². The smallest absolute Gasteiger partial charge is 0.416 e. The summed E-state index contributed by atoms with van der Waals surface area (Å²) >= 11 is 1.34. The molecule has 186 valence electrons. The van der Waals surface area contributed by atoms with Crippen LogP contribution in [-0.2, 0) is 22.4 Å². The quantitative estimate of drug-likeness (QED) is 0.311. The van der Waals surface area contributed by atoms with Gasteiger partial charge in [-0.25, -0.2) is 9.78 Å². The molecule has 1 heterocycles. The van der Waals surface area contributed by atoms with E-state index in [0.717, 1.165) is 33.8 Å². The standard InChI is InChI=1S/C25H25F3N2O4S/c1-5-20(24(31)32)34-21-11-8-18(12-14(21)2)15(3)30-33-13-22-16(4)29-23(35-22)17-6-9-19(10-7-17)25(26,27)28/h6-12,20,30H,3,5,13H2,1-2,4H3,(H,31,32). The highest BCUT2D eigenvalue weighted by Crippen LogP contribution is 2.33. The monoisotopic (exact) mass is 506 g/mol. The average molecular weight is 507 g/mol. The minimum Gasteiger partial charge on any atom is -0.479 e. The van der Waals surface area contributed by atoms with E-state index in [1.807, 2.05) is 13.0 Å². The molecule has 0 spiro atoms. The van der Waals surface area contributed by atoms with Crippen molar-refractivity contribution in [2.75, 3.05) is 0 Å². The number of carboxylic acid groups (broad SMARTS) is 1. The summed E-state index contributed by atoms with van der Waals surface area (Å²) in [5.74, 6) is -0.539. The summed E-state index contributed by atoms with van der Waals surface area (Å²) in [4.78, 5) is 22.0. The predicted octanol–water partition coefficient (Wildman–Crippen LogP) is 6.38. The van der Waals surface area contributed by atoms with Crippen LogP contribution in [0.1, 0.15) is 40.6 Å². The number of ether oxygens (including phenoxy) is 1. The second-order valence-electron chi connectivity index (χ2n) is 7.81. The number of aromatic nitrogens is 1. The van der Waals surface area contributed by atoms with Crippen molar-refractivity contribution in [3.8, 4) is 16.3 Å². The lowest BCUT2D eigenvalue weighted by atomic mass is 10.1. The molecule has 1 unspecified atom stereocenters. The van der Waals surface area contributed by atoms with Gasteiger partial charge in [-0.1, -0.05) is 25.6 Å². The Morgan fingerprint density at radius 3 is 2.46 bits per heavy atom. The molecule has 0 fully saturated rings. The molecule has 0 saturated carbocycles. The molecule has 35 heavy (non-hydrogen) atoms. The molecule has 0 bridgehead atoms. The van der Waals surface area contributed by atoms with Gasteiger partial charge in [0.25, 0.3) is 0 Å². The number of aliphatic carboxylic acids is 1. The molecule has 0 radical (unpaired) electrons. The molecule has 0 aliphatic carbocycles. The Labute approximate surface area is 205 Å². The van der Waals surface area contributed by atoms with Gasteiger partial charge in [0.15, 0.2) is 6.10 Å². The van der Waals surface area contributed by atoms with E-state index in [1.54, 1.807) is 26.0 Å². The Balaban J connectivity index is 1.59. The molecule has 0 aliphatic heterocycles. The number of hydrogen-bond donors (Lipinski definition) is 2. The number of halogens is 3. The number of hydroxylamine groups is 1. The summed E-state index contributed by atoms with van der Waals surface area (Å²) in [5, 5.41) is 9.78. The summed E-state index contributed by atoms with van der Waals surface area (Å²) in [7, 11) is 0. The highest BCUT2D eigenvalue weighted by atomic mass is 32.1. The zero-order valence-corrected chi connectivity index (χ0v) is 20.2. The van der Waals surface area contributed by atoms with Gasteiger partial charge in [-0.3, -0.25) is 10.3 Å². The molecule has 1 aromatic heterocycles. The van der Waals surface area contributed by atoms with Crippen LogP contribution in [-0.4, -0.2) is 22.2 Å². The molecule has 3 aromatic rings. The number of nitrogens with one attached hydrogen (secondary N) is 1. The van der Waals surface area contributed by atoms with Gasteiger partial charge in [0.2, 0.25) is 0 Å². The van der Waals surface area contributed by atoms with Crippen molar-refractivity contribution in [2.24, 2.45) is 0 Å². The van der Waals surface area contributed by atoms with Crippen LogP contribution in [0, 0.1) is 13.8 Å². The normalized spacial score (nSPS) is 12.3. The highest BCUT2D eigenvalue weighted by Gasteiger charge is 2.30. The first-order chi connectivity index (χ1) is 16.5. The maximum absolute atomic E-state index is 12.8. The number of aryl methyl sites for hydroxylation is 2. The van der Waals surface area contributed by atoms with Gasteiger partial charge >= 0.3 is 12.1 Å². The van der Waals surface area contributed by atoms with E-state index in [4.69, 9.17) is 9.57 Å². The maximum atomic E-state index is 12.8. The average Bonchev–Trinajstić information content (AvgIpc) is 3.17. The molecule has 10 heteroatoms. The third kappa shape index (κ3) is 6.61. The van der Waals surface area contributed by atoms with Crippen LogP contribution in [0.2, 0.25) is 0 Å². The fraction of sp³-hybridized carbons (Fsp3) is 0.280. The van der Waals surface area contributed by atoms with E-state index in [1.165, 1.54) is 23.5 Å². The molecule has 1 atom stereocenters. The maximum Gasteiger partial charge on any atom is 0.416 e. The van der Waals surface area contributed by atoms with Gasteiger partial charge in [0, 0.05) is 5.56 Å². The zero-order valence-electron chi connectivity index (χ0n) is 19.4. The van der Waals surface area contributed by atoms with Gasteiger partial charge in [-0.2, -0.15) is 13.2 Å². The number of nitrogens with zero attached hydrogens (tertiary/aromatic N) is 1. The highest BCUT2D eigenvalue weighted by molar-refractivity contribution is 7.15. The number of carbonyl (C=O) groups is 1. The minimum absolute atomic E-state index is 0.181. The van der Waals surface area contributed by atoms with Gasteiger partial charge in [0.05, 0.1) is 21.8 Å². The second kappa shape index (κ2) is 10.9. The van der Waals surface area contributed by atoms with Crippen molar-refractivity contribution in [3.05, 3.63) is 76.3 Å². The Kier molecular flexibility index (Phi) is 8.18. The van der Waals surface area contributed by atoms with Crippen LogP contribution in [0.4, 0.5) is 13.2 Å². The Morgan fingerprint density at radius 2 is 1.89 bits per heavy atom. The largest absolute Gasteiger partial charge is 0.479 e. The SMILES string of the molecule is C=C(NOCc1sc(-c2ccc(C(F)(F)F)cc2)nc1C)c1ccc(OC(CC)C(=O)O)c(C)c1. The van der Waals surface area contributed by atoms with E-state index in [-0.39, 0.29) is 6.61 Å². The summed E-state index contributed by atoms with van der Waals surface area (Å²) in [6.45, 7) is 9.50. The fourth-order valence-corrected chi connectivity index (χ4v) is 4.15. The lowest BCUT2D eigenvalue weighted by Gasteiger charge is -2.16. The van der Waals surface area contributed by atoms with Crippen LogP contribution < -0.4 is 10.2 Å². The van der Waals surface area contributed by atoms with Crippen molar-refractivity contribution in [2.45, 2.75) is 46.1 Å². The first-order valence-corrected chi connectivity index (χ1v) is 11.5. The predicted molar refractivity (Wildman–Crippen MR) is 128 cm³/mol. The topological polar surface area (TPSA) is 80.7 Å². The Morgan fingerprint density at radius 1 is 1.20 bits per heavy atom. The summed E-state index contributed by atoms with van der Waals surface area (Å²) in [5.41, 5.74) is 5.39. The molecule has 2 aromatic carbocycles. The van der Waals surface area contributed by atoms with Crippen molar-refractivity contribution in [1.82, 2.24) is 10.5 Å². The summed E-state index contributed by atoms with van der Waals surface area (Å²) < 4.78 is 43.9. The zero-order chi connectivity index (χ0) is 25.8. The first kappa shape index (κ1) is 26.2. The van der Waals surface area contributed by atoms with Crippen molar-refractivity contribution >= 4 is 23.0 Å².